The van der Waals surface area contributed by atoms with Gasteiger partial charge in [0.1, 0.15) is 0 Å². The van der Waals surface area contributed by atoms with E-state index in [1.165, 1.54) is 11.8 Å². The Hall–Kier alpha value is -3.14. The second kappa shape index (κ2) is 10.9. The van der Waals surface area contributed by atoms with Gasteiger partial charge in [0.25, 0.3) is 0 Å². The van der Waals surface area contributed by atoms with Crippen molar-refractivity contribution in [1.82, 2.24) is 10.3 Å². The first-order chi connectivity index (χ1) is 16.5. The van der Waals surface area contributed by atoms with Crippen molar-refractivity contribution < 1.29 is 19.0 Å². The maximum absolute atomic E-state index is 11.4. The molecule has 4 N–H and O–H groups in total. The molecule has 0 spiro atoms. The Bertz CT molecular complexity index is 1310. The Morgan fingerprint density at radius 3 is 2.50 bits per heavy atom. The third-order valence-electron chi connectivity index (χ3n) is 5.10. The van der Waals surface area contributed by atoms with Crippen LogP contribution in [0.5, 0.6) is 17.4 Å². The van der Waals surface area contributed by atoms with Crippen molar-refractivity contribution in [3.8, 4) is 17.4 Å². The molecule has 0 fully saturated rings. The van der Waals surface area contributed by atoms with Crippen LogP contribution in [-0.4, -0.2) is 25.3 Å². The number of carbonyl (C=O) groups is 1. The maximum atomic E-state index is 11.4. The van der Waals surface area contributed by atoms with Crippen LogP contribution in [0.1, 0.15) is 11.1 Å². The Morgan fingerprint density at radius 2 is 1.79 bits per heavy atom. The number of fused-ring (bicyclic) bond motifs is 1. The number of nitrogens with one attached hydrogen (secondary N) is 2. The molecule has 4 rings (SSSR count). The summed E-state index contributed by atoms with van der Waals surface area (Å²) in [6, 6.07) is 20.0. The Balaban J connectivity index is 1.52. The number of amides is 1. The Labute approximate surface area is 210 Å². The van der Waals surface area contributed by atoms with Crippen molar-refractivity contribution in [2.75, 3.05) is 14.2 Å². The summed E-state index contributed by atoms with van der Waals surface area (Å²) in [7, 11) is 3.23. The van der Waals surface area contributed by atoms with Crippen LogP contribution in [0.15, 0.2) is 74.9 Å². The molecular weight excluding hydrogens is 518 g/mol. The SMILES string of the molecule is COc1cc(CNCc2ccc3c(Sc4ccccc4)c(OC(N)=O)[nH]c3c2)cc(Br)c1OC. The highest BCUT2D eigenvalue weighted by molar-refractivity contribution is 9.10. The van der Waals surface area contributed by atoms with Gasteiger partial charge in [-0.25, -0.2) is 4.79 Å². The molecule has 0 aliphatic carbocycles. The highest BCUT2D eigenvalue weighted by Gasteiger charge is 2.17. The number of aromatic nitrogens is 1. The number of hydrogen-bond acceptors (Lipinski definition) is 6. The van der Waals surface area contributed by atoms with Gasteiger partial charge in [-0.3, -0.25) is 0 Å². The highest BCUT2D eigenvalue weighted by Crippen LogP contribution is 2.41. The summed E-state index contributed by atoms with van der Waals surface area (Å²) in [4.78, 5) is 16.5. The van der Waals surface area contributed by atoms with Crippen LogP contribution >= 0.6 is 27.7 Å². The van der Waals surface area contributed by atoms with Gasteiger partial charge in [0.15, 0.2) is 11.5 Å². The number of rotatable bonds is 9. The van der Waals surface area contributed by atoms with Gasteiger partial charge in [-0.1, -0.05) is 42.1 Å². The first-order valence-corrected chi connectivity index (χ1v) is 12.1. The molecule has 1 aromatic heterocycles. The molecule has 176 valence electrons. The first-order valence-electron chi connectivity index (χ1n) is 10.4. The van der Waals surface area contributed by atoms with Crippen molar-refractivity contribution in [1.29, 1.82) is 0 Å². The fraction of sp³-hybridized carbons (Fsp3) is 0.160. The average Bonchev–Trinajstić information content (AvgIpc) is 3.14. The van der Waals surface area contributed by atoms with Gasteiger partial charge in [-0.05, 0) is 57.4 Å². The van der Waals surface area contributed by atoms with E-state index in [-0.39, 0.29) is 0 Å². The molecular formula is C25H24BrN3O4S. The van der Waals surface area contributed by atoms with E-state index in [1.807, 2.05) is 54.6 Å². The average molecular weight is 542 g/mol. The van der Waals surface area contributed by atoms with E-state index < -0.39 is 6.09 Å². The normalized spacial score (nSPS) is 10.9. The lowest BCUT2D eigenvalue weighted by molar-refractivity contribution is 0.208. The third kappa shape index (κ3) is 5.49. The zero-order chi connectivity index (χ0) is 24.1. The van der Waals surface area contributed by atoms with E-state index in [0.717, 1.165) is 36.3 Å². The lowest BCUT2D eigenvalue weighted by Crippen LogP contribution is -2.16. The van der Waals surface area contributed by atoms with Crippen LogP contribution in [0.2, 0.25) is 0 Å². The summed E-state index contributed by atoms with van der Waals surface area (Å²) < 4.78 is 16.9. The van der Waals surface area contributed by atoms with Crippen molar-refractivity contribution in [2.45, 2.75) is 22.9 Å². The van der Waals surface area contributed by atoms with Crippen LogP contribution in [0, 0.1) is 0 Å². The maximum Gasteiger partial charge on any atom is 0.411 e. The zero-order valence-corrected chi connectivity index (χ0v) is 21.1. The summed E-state index contributed by atoms with van der Waals surface area (Å²) in [5.74, 6) is 1.69. The molecule has 0 bridgehead atoms. The van der Waals surface area contributed by atoms with Crippen LogP contribution in [0.25, 0.3) is 10.9 Å². The number of carbonyl (C=O) groups excluding carboxylic acids is 1. The van der Waals surface area contributed by atoms with Gasteiger partial charge in [0, 0.05) is 28.9 Å². The van der Waals surface area contributed by atoms with Crippen LogP contribution in [0.4, 0.5) is 4.79 Å². The van der Waals surface area contributed by atoms with E-state index in [4.69, 9.17) is 19.9 Å². The predicted molar refractivity (Wildman–Crippen MR) is 137 cm³/mol. The summed E-state index contributed by atoms with van der Waals surface area (Å²) >= 11 is 5.04. The van der Waals surface area contributed by atoms with Crippen molar-refractivity contribution in [3.05, 3.63) is 76.3 Å². The summed E-state index contributed by atoms with van der Waals surface area (Å²) in [6.07, 6.45) is -0.857. The molecule has 3 aromatic carbocycles. The molecule has 0 aliphatic rings. The molecule has 1 heterocycles. The lowest BCUT2D eigenvalue weighted by atomic mass is 10.1. The molecule has 0 saturated carbocycles. The van der Waals surface area contributed by atoms with E-state index >= 15 is 0 Å². The fourth-order valence-electron chi connectivity index (χ4n) is 3.61. The second-order valence-electron chi connectivity index (χ2n) is 7.42. The Kier molecular flexibility index (Phi) is 7.66. The number of methoxy groups -OCH3 is 2. The lowest BCUT2D eigenvalue weighted by Gasteiger charge is -2.12. The van der Waals surface area contributed by atoms with Crippen LogP contribution < -0.4 is 25.3 Å². The Morgan fingerprint density at radius 1 is 1.03 bits per heavy atom. The van der Waals surface area contributed by atoms with Gasteiger partial charge in [0.05, 0.1) is 23.6 Å². The molecule has 34 heavy (non-hydrogen) atoms. The molecule has 1 amide bonds. The quantitative estimate of drug-likeness (QED) is 0.246. The summed E-state index contributed by atoms with van der Waals surface area (Å²) in [5.41, 5.74) is 8.29. The van der Waals surface area contributed by atoms with Gasteiger partial charge in [0.2, 0.25) is 5.88 Å². The topological polar surface area (TPSA) is 98.6 Å². The number of hydrogen-bond donors (Lipinski definition) is 3. The van der Waals surface area contributed by atoms with Gasteiger partial charge < -0.3 is 30.2 Å². The molecule has 4 aromatic rings. The number of ether oxygens (including phenoxy) is 3. The highest BCUT2D eigenvalue weighted by atomic mass is 79.9. The van der Waals surface area contributed by atoms with E-state index in [1.54, 1.807) is 14.2 Å². The van der Waals surface area contributed by atoms with Gasteiger partial charge >= 0.3 is 6.09 Å². The molecule has 9 heteroatoms. The van der Waals surface area contributed by atoms with Gasteiger partial charge in [-0.15, -0.1) is 0 Å². The number of aromatic amines is 1. The molecule has 0 saturated heterocycles. The minimum absolute atomic E-state index is 0.344. The summed E-state index contributed by atoms with van der Waals surface area (Å²) in [6.45, 7) is 1.29. The van der Waals surface area contributed by atoms with E-state index in [0.29, 0.717) is 30.5 Å². The standard InChI is InChI=1S/C25H24BrN3O4S/c1-31-21-12-16(10-19(26)22(21)32-2)14-28-13-15-8-9-18-20(11-15)29-24(33-25(27)30)23(18)34-17-6-4-3-5-7-17/h3-12,28-29H,13-14H2,1-2H3,(H2,27,30). The predicted octanol–water partition coefficient (Wildman–Crippen LogP) is 5.85. The van der Waals surface area contributed by atoms with E-state index in [2.05, 4.69) is 32.3 Å². The first kappa shape index (κ1) is 24.0. The number of primary amides is 1. The van der Waals surface area contributed by atoms with Crippen molar-refractivity contribution in [3.63, 3.8) is 0 Å². The van der Waals surface area contributed by atoms with Gasteiger partial charge in [-0.2, -0.15) is 0 Å². The van der Waals surface area contributed by atoms with Crippen LogP contribution in [0.3, 0.4) is 0 Å². The smallest absolute Gasteiger partial charge is 0.411 e. The number of nitrogens with two attached hydrogens (primary N) is 1. The third-order valence-corrected chi connectivity index (χ3v) is 6.81. The van der Waals surface area contributed by atoms with Crippen LogP contribution in [-0.2, 0) is 13.1 Å². The molecule has 0 atom stereocenters. The number of halogens is 1. The minimum Gasteiger partial charge on any atom is -0.493 e. The largest absolute Gasteiger partial charge is 0.493 e. The minimum atomic E-state index is -0.857. The summed E-state index contributed by atoms with van der Waals surface area (Å²) in [5, 5.41) is 4.41. The van der Waals surface area contributed by atoms with E-state index in [9.17, 15) is 4.79 Å². The monoisotopic (exact) mass is 541 g/mol. The molecule has 0 aliphatic heterocycles. The van der Waals surface area contributed by atoms with Crippen molar-refractivity contribution in [2.24, 2.45) is 5.73 Å². The number of H-pyrrole nitrogens is 1. The number of benzene rings is 3. The zero-order valence-electron chi connectivity index (χ0n) is 18.7. The van der Waals surface area contributed by atoms with Crippen molar-refractivity contribution >= 4 is 44.7 Å². The fourth-order valence-corrected chi connectivity index (χ4v) is 5.26. The molecule has 0 unspecified atom stereocenters. The molecule has 7 nitrogen and oxygen atoms in total. The molecule has 0 radical (unpaired) electrons. The second-order valence-corrected chi connectivity index (χ2v) is 9.35.